The van der Waals surface area contributed by atoms with E-state index in [0.29, 0.717) is 28.1 Å². The number of rotatable bonds is 9. The first-order valence-corrected chi connectivity index (χ1v) is 12.0. The third-order valence-electron chi connectivity index (χ3n) is 5.30. The van der Waals surface area contributed by atoms with E-state index < -0.39 is 0 Å². The molecule has 1 fully saturated rings. The zero-order chi connectivity index (χ0) is 23.0. The van der Waals surface area contributed by atoms with Crippen LogP contribution in [-0.2, 0) is 9.53 Å². The Morgan fingerprint density at radius 2 is 1.88 bits per heavy atom. The van der Waals surface area contributed by atoms with Gasteiger partial charge in [0.2, 0.25) is 0 Å². The number of nitrogens with zero attached hydrogens (tertiary/aromatic N) is 3. The molecule has 0 unspecified atom stereocenters. The van der Waals surface area contributed by atoms with E-state index in [0.717, 1.165) is 44.8 Å². The topological polar surface area (TPSA) is 54.9 Å². The third kappa shape index (κ3) is 6.74. The number of hydrogen-bond donors (Lipinski definition) is 0. The molecule has 1 amide bonds. The Hall–Kier alpha value is -2.52. The Labute approximate surface area is 201 Å². The molecule has 4 rings (SSSR count). The summed E-state index contributed by atoms with van der Waals surface area (Å²) in [6.07, 6.45) is 0.804. The Kier molecular flexibility index (Phi) is 8.28. The fourth-order valence-electron chi connectivity index (χ4n) is 3.50. The molecule has 1 aromatic heterocycles. The van der Waals surface area contributed by atoms with Crippen LogP contribution in [0, 0.1) is 5.82 Å². The van der Waals surface area contributed by atoms with Gasteiger partial charge in [0.25, 0.3) is 5.91 Å². The molecule has 0 atom stereocenters. The molecule has 2 heterocycles. The first kappa shape index (κ1) is 23.6. The van der Waals surface area contributed by atoms with E-state index in [9.17, 15) is 9.18 Å². The molecular weight excluding hydrogens is 465 g/mol. The first-order valence-electron chi connectivity index (χ1n) is 10.8. The molecule has 1 saturated heterocycles. The van der Waals surface area contributed by atoms with E-state index in [-0.39, 0.29) is 18.3 Å². The van der Waals surface area contributed by atoms with Gasteiger partial charge in [-0.05, 0) is 55.0 Å². The van der Waals surface area contributed by atoms with Crippen molar-refractivity contribution < 1.29 is 18.7 Å². The number of halogens is 2. The van der Waals surface area contributed by atoms with Crippen molar-refractivity contribution in [1.82, 2.24) is 9.88 Å². The molecule has 0 bridgehead atoms. The Morgan fingerprint density at radius 3 is 2.61 bits per heavy atom. The van der Waals surface area contributed by atoms with Crippen molar-refractivity contribution in [3.8, 4) is 17.0 Å². The first-order chi connectivity index (χ1) is 16.1. The summed E-state index contributed by atoms with van der Waals surface area (Å²) in [4.78, 5) is 21.8. The number of carbonyl (C=O) groups excluding carboxylic acids is 1. The van der Waals surface area contributed by atoms with Crippen LogP contribution in [0.2, 0.25) is 5.02 Å². The van der Waals surface area contributed by atoms with Gasteiger partial charge in [0.1, 0.15) is 11.6 Å². The lowest BCUT2D eigenvalue weighted by Crippen LogP contribution is -2.40. The van der Waals surface area contributed by atoms with Gasteiger partial charge in [-0.15, -0.1) is 11.3 Å². The summed E-state index contributed by atoms with van der Waals surface area (Å²) in [5, 5.41) is 3.08. The molecule has 1 aliphatic rings. The summed E-state index contributed by atoms with van der Waals surface area (Å²) in [5.74, 6) is 0.104. The number of anilines is 1. The van der Waals surface area contributed by atoms with Crippen molar-refractivity contribution in [2.24, 2.45) is 0 Å². The van der Waals surface area contributed by atoms with E-state index in [4.69, 9.17) is 21.1 Å². The maximum atomic E-state index is 13.3. The highest BCUT2D eigenvalue weighted by molar-refractivity contribution is 7.14. The molecule has 2 aromatic carbocycles. The van der Waals surface area contributed by atoms with Crippen LogP contribution in [0.15, 0.2) is 53.9 Å². The third-order valence-corrected chi connectivity index (χ3v) is 6.42. The number of amides is 1. The van der Waals surface area contributed by atoms with Crippen LogP contribution in [0.25, 0.3) is 11.3 Å². The number of benzene rings is 2. The quantitative estimate of drug-likeness (QED) is 0.434. The van der Waals surface area contributed by atoms with Gasteiger partial charge >= 0.3 is 0 Å². The zero-order valence-corrected chi connectivity index (χ0v) is 19.7. The second-order valence-corrected chi connectivity index (χ2v) is 8.89. The molecule has 6 nitrogen and oxygen atoms in total. The highest BCUT2D eigenvalue weighted by Crippen LogP contribution is 2.28. The van der Waals surface area contributed by atoms with Crippen LogP contribution in [0.1, 0.15) is 6.42 Å². The van der Waals surface area contributed by atoms with E-state index >= 15 is 0 Å². The molecular formula is C24H25ClFN3O3S. The summed E-state index contributed by atoms with van der Waals surface area (Å²) in [6.45, 7) is 4.58. The smallest absolute Gasteiger partial charge is 0.266 e. The van der Waals surface area contributed by atoms with Crippen molar-refractivity contribution in [3.63, 3.8) is 0 Å². The van der Waals surface area contributed by atoms with Crippen LogP contribution in [-0.4, -0.2) is 61.8 Å². The number of aromatic nitrogens is 1. The van der Waals surface area contributed by atoms with E-state index in [1.54, 1.807) is 41.3 Å². The second-order valence-electron chi connectivity index (χ2n) is 7.62. The monoisotopic (exact) mass is 489 g/mol. The minimum atomic E-state index is -0.298. The number of hydrogen-bond acceptors (Lipinski definition) is 6. The number of thiazole rings is 1. The molecule has 0 N–H and O–H groups in total. The van der Waals surface area contributed by atoms with Gasteiger partial charge in [0.05, 0.1) is 18.9 Å². The van der Waals surface area contributed by atoms with Gasteiger partial charge in [0.15, 0.2) is 11.7 Å². The lowest BCUT2D eigenvalue weighted by atomic mass is 10.2. The lowest BCUT2D eigenvalue weighted by molar-refractivity contribution is -0.120. The lowest BCUT2D eigenvalue weighted by Gasteiger charge is -2.27. The minimum absolute atomic E-state index is 0.106. The highest BCUT2D eigenvalue weighted by atomic mass is 35.5. The fraction of sp³-hybridized carbons (Fsp3) is 0.333. The van der Waals surface area contributed by atoms with Crippen LogP contribution < -0.4 is 9.64 Å². The van der Waals surface area contributed by atoms with E-state index in [1.165, 1.54) is 23.5 Å². The molecule has 33 heavy (non-hydrogen) atoms. The maximum Gasteiger partial charge on any atom is 0.266 e. The van der Waals surface area contributed by atoms with E-state index in [2.05, 4.69) is 9.88 Å². The van der Waals surface area contributed by atoms with Gasteiger partial charge < -0.3 is 9.47 Å². The highest BCUT2D eigenvalue weighted by Gasteiger charge is 2.21. The van der Waals surface area contributed by atoms with Crippen LogP contribution in [0.4, 0.5) is 9.52 Å². The molecule has 0 spiro atoms. The van der Waals surface area contributed by atoms with Gasteiger partial charge in [-0.1, -0.05) is 11.6 Å². The maximum absolute atomic E-state index is 13.3. The average molecular weight is 490 g/mol. The summed E-state index contributed by atoms with van der Waals surface area (Å²) < 4.78 is 24.4. The predicted molar refractivity (Wildman–Crippen MR) is 129 cm³/mol. The molecule has 0 saturated carbocycles. The number of carbonyl (C=O) groups is 1. The van der Waals surface area contributed by atoms with Crippen LogP contribution in [0.3, 0.4) is 0 Å². The summed E-state index contributed by atoms with van der Waals surface area (Å²) in [5.41, 5.74) is 1.51. The molecule has 9 heteroatoms. The van der Waals surface area contributed by atoms with Crippen LogP contribution in [0.5, 0.6) is 5.75 Å². The van der Waals surface area contributed by atoms with Crippen molar-refractivity contribution >= 4 is 34.0 Å². The van der Waals surface area contributed by atoms with Crippen molar-refractivity contribution in [3.05, 3.63) is 64.8 Å². The number of morpholine rings is 1. The number of ether oxygens (including phenoxy) is 2. The minimum Gasteiger partial charge on any atom is -0.484 e. The summed E-state index contributed by atoms with van der Waals surface area (Å²) in [6, 6.07) is 13.1. The van der Waals surface area contributed by atoms with Gasteiger partial charge in [-0.3, -0.25) is 14.6 Å². The molecule has 3 aromatic rings. The predicted octanol–water partition coefficient (Wildman–Crippen LogP) is 4.74. The van der Waals surface area contributed by atoms with Gasteiger partial charge in [-0.25, -0.2) is 9.37 Å². The van der Waals surface area contributed by atoms with Crippen molar-refractivity contribution in [1.29, 1.82) is 0 Å². The average Bonchev–Trinajstić information content (AvgIpc) is 3.32. The second kappa shape index (κ2) is 11.6. The standard InChI is InChI=1S/C24H25ClFN3O3S/c25-19-4-8-21(9-5-19)32-16-23(30)29(11-1-10-28-12-14-31-15-13-28)24-27-22(17-33-24)18-2-6-20(26)7-3-18/h2-9,17H,1,10-16H2. The Bertz CT molecular complexity index is 1040. The van der Waals surface area contributed by atoms with Gasteiger partial charge in [-0.2, -0.15) is 0 Å². The molecule has 1 aliphatic heterocycles. The molecule has 0 radical (unpaired) electrons. The zero-order valence-electron chi connectivity index (χ0n) is 18.1. The molecule has 0 aliphatic carbocycles. The van der Waals surface area contributed by atoms with Crippen LogP contribution >= 0.6 is 22.9 Å². The Morgan fingerprint density at radius 1 is 1.15 bits per heavy atom. The Balaban J connectivity index is 1.44. The normalized spacial score (nSPS) is 14.2. The van der Waals surface area contributed by atoms with Gasteiger partial charge in [0, 0.05) is 42.1 Å². The fourth-order valence-corrected chi connectivity index (χ4v) is 4.50. The largest absolute Gasteiger partial charge is 0.484 e. The SMILES string of the molecule is O=C(COc1ccc(Cl)cc1)N(CCCN1CCOCC1)c1nc(-c2ccc(F)cc2)cs1. The van der Waals surface area contributed by atoms with E-state index in [1.807, 2.05) is 5.38 Å². The molecule has 174 valence electrons. The summed E-state index contributed by atoms with van der Waals surface area (Å²) in [7, 11) is 0. The summed E-state index contributed by atoms with van der Waals surface area (Å²) >= 11 is 7.31. The van der Waals surface area contributed by atoms with Crippen molar-refractivity contribution in [2.45, 2.75) is 6.42 Å². The van der Waals surface area contributed by atoms with Crippen molar-refractivity contribution in [2.75, 3.05) is 50.9 Å².